The van der Waals surface area contributed by atoms with E-state index in [1.807, 2.05) is 30.3 Å². The summed E-state index contributed by atoms with van der Waals surface area (Å²) in [6, 6.07) is 10.1. The van der Waals surface area contributed by atoms with Crippen molar-refractivity contribution in [1.29, 1.82) is 0 Å². The second kappa shape index (κ2) is 7.72. The third kappa shape index (κ3) is 4.00. The molecule has 0 N–H and O–H groups in total. The molecule has 0 fully saturated rings. The van der Waals surface area contributed by atoms with Crippen LogP contribution in [0.1, 0.15) is 27.7 Å². The Bertz CT molecular complexity index is 290. The minimum absolute atomic E-state index is 0. The first-order valence-electron chi connectivity index (χ1n) is 6.26. The molecule has 1 unspecified atom stereocenters. The monoisotopic (exact) mass is 301 g/mol. The Labute approximate surface area is 116 Å². The van der Waals surface area contributed by atoms with Gasteiger partial charge >= 0.3 is 0 Å². The zero-order chi connectivity index (χ0) is 12.0. The van der Waals surface area contributed by atoms with Gasteiger partial charge in [-0.05, 0) is 32.9 Å². The molecule has 1 aromatic carbocycles. The molecular weight excluding hydrogens is 278 g/mol. The van der Waals surface area contributed by atoms with E-state index in [1.165, 1.54) is 0 Å². The molecule has 1 rings (SSSR count). The highest BCUT2D eigenvalue weighted by Crippen LogP contribution is 2.18. The summed E-state index contributed by atoms with van der Waals surface area (Å²) >= 11 is 0. The standard InChI is InChI=1S/C14H24NO.BrH/c1-5-15(6-2,7-3)13(4)16-14-11-9-8-10-12-14;/h8-13H,5-7H2,1-4H3;1H/q+1;/p-1. The molecule has 0 aliphatic heterocycles. The summed E-state index contributed by atoms with van der Waals surface area (Å²) in [5, 5.41) is 0. The maximum atomic E-state index is 6.02. The Morgan fingerprint density at radius 2 is 1.47 bits per heavy atom. The van der Waals surface area contributed by atoms with E-state index in [0.717, 1.165) is 29.9 Å². The van der Waals surface area contributed by atoms with Crippen molar-refractivity contribution in [2.24, 2.45) is 0 Å². The van der Waals surface area contributed by atoms with E-state index < -0.39 is 0 Å². The van der Waals surface area contributed by atoms with Crippen molar-refractivity contribution in [3.05, 3.63) is 30.3 Å². The number of para-hydroxylation sites is 1. The molecule has 17 heavy (non-hydrogen) atoms. The van der Waals surface area contributed by atoms with Gasteiger partial charge in [0.05, 0.1) is 19.6 Å². The number of hydrogen-bond acceptors (Lipinski definition) is 1. The van der Waals surface area contributed by atoms with Gasteiger partial charge in [-0.15, -0.1) is 0 Å². The molecule has 2 nitrogen and oxygen atoms in total. The van der Waals surface area contributed by atoms with Crippen LogP contribution in [0.25, 0.3) is 0 Å². The Hall–Kier alpha value is -0.540. The number of benzene rings is 1. The highest BCUT2D eigenvalue weighted by atomic mass is 79.9. The largest absolute Gasteiger partial charge is 1.00 e. The van der Waals surface area contributed by atoms with Crippen molar-refractivity contribution >= 4 is 0 Å². The number of nitrogens with zero attached hydrogens (tertiary/aromatic N) is 1. The van der Waals surface area contributed by atoms with Crippen molar-refractivity contribution < 1.29 is 26.2 Å². The van der Waals surface area contributed by atoms with Crippen LogP contribution in [0.3, 0.4) is 0 Å². The molecule has 0 saturated carbocycles. The van der Waals surface area contributed by atoms with E-state index >= 15 is 0 Å². The first-order valence-corrected chi connectivity index (χ1v) is 6.26. The van der Waals surface area contributed by atoms with Crippen LogP contribution in [-0.4, -0.2) is 30.3 Å². The summed E-state index contributed by atoms with van der Waals surface area (Å²) in [6.45, 7) is 12.2. The quantitative estimate of drug-likeness (QED) is 0.542. The normalized spacial score (nSPS) is 12.7. The fourth-order valence-corrected chi connectivity index (χ4v) is 2.25. The van der Waals surface area contributed by atoms with Crippen molar-refractivity contribution in [2.45, 2.75) is 33.9 Å². The number of halogens is 1. The van der Waals surface area contributed by atoms with E-state index in [1.54, 1.807) is 0 Å². The fourth-order valence-electron chi connectivity index (χ4n) is 2.25. The van der Waals surface area contributed by atoms with Crippen LogP contribution in [0.5, 0.6) is 5.75 Å². The molecule has 0 radical (unpaired) electrons. The summed E-state index contributed by atoms with van der Waals surface area (Å²) in [5.41, 5.74) is 0. The molecule has 1 aromatic rings. The Morgan fingerprint density at radius 3 is 1.88 bits per heavy atom. The van der Waals surface area contributed by atoms with Crippen molar-refractivity contribution in [3.8, 4) is 5.75 Å². The molecule has 0 aliphatic rings. The average Bonchev–Trinajstić information content (AvgIpc) is 2.33. The fraction of sp³-hybridized carbons (Fsp3) is 0.571. The molecule has 0 saturated heterocycles. The topological polar surface area (TPSA) is 9.23 Å². The molecule has 0 heterocycles. The molecule has 0 aliphatic carbocycles. The summed E-state index contributed by atoms with van der Waals surface area (Å²) in [4.78, 5) is 0. The molecule has 0 aromatic heterocycles. The average molecular weight is 302 g/mol. The van der Waals surface area contributed by atoms with Crippen LogP contribution >= 0.6 is 0 Å². The van der Waals surface area contributed by atoms with Crippen LogP contribution in [0.2, 0.25) is 0 Å². The highest BCUT2D eigenvalue weighted by molar-refractivity contribution is 5.20. The van der Waals surface area contributed by atoms with Gasteiger partial charge in [0.15, 0.2) is 0 Å². The first kappa shape index (κ1) is 16.5. The lowest BCUT2D eigenvalue weighted by Crippen LogP contribution is -3.00. The van der Waals surface area contributed by atoms with Gasteiger partial charge in [-0.1, -0.05) is 18.2 Å². The molecule has 0 amide bonds. The maximum absolute atomic E-state index is 6.02. The minimum atomic E-state index is 0. The van der Waals surface area contributed by atoms with Crippen LogP contribution in [0, 0.1) is 0 Å². The number of ether oxygens (including phenoxy) is 1. The number of hydrogen-bond donors (Lipinski definition) is 0. The lowest BCUT2D eigenvalue weighted by atomic mass is 10.3. The van der Waals surface area contributed by atoms with Gasteiger partial charge in [-0.2, -0.15) is 0 Å². The molecular formula is C14H24BrNO. The van der Waals surface area contributed by atoms with Crippen LogP contribution in [0.15, 0.2) is 30.3 Å². The van der Waals surface area contributed by atoms with E-state index in [2.05, 4.69) is 27.7 Å². The van der Waals surface area contributed by atoms with Gasteiger partial charge in [-0.3, -0.25) is 4.48 Å². The number of rotatable bonds is 6. The molecule has 1 atom stereocenters. The Kier molecular flexibility index (Phi) is 7.48. The molecule has 98 valence electrons. The summed E-state index contributed by atoms with van der Waals surface area (Å²) in [6.07, 6.45) is 0.211. The predicted molar refractivity (Wildman–Crippen MR) is 68.4 cm³/mol. The van der Waals surface area contributed by atoms with E-state index in [0.29, 0.717) is 0 Å². The van der Waals surface area contributed by atoms with Gasteiger partial charge in [0.25, 0.3) is 0 Å². The third-order valence-corrected chi connectivity index (χ3v) is 3.71. The van der Waals surface area contributed by atoms with Crippen LogP contribution in [0.4, 0.5) is 0 Å². The predicted octanol–water partition coefficient (Wildman–Crippen LogP) is 0.292. The van der Waals surface area contributed by atoms with E-state index in [-0.39, 0.29) is 23.2 Å². The Balaban J connectivity index is 0.00000256. The SMILES string of the molecule is CC[N+](CC)(CC)C(C)Oc1ccccc1.[Br-]. The number of quaternary nitrogens is 1. The lowest BCUT2D eigenvalue weighted by Gasteiger charge is -2.40. The second-order valence-electron chi connectivity index (χ2n) is 4.20. The van der Waals surface area contributed by atoms with Gasteiger partial charge < -0.3 is 21.7 Å². The first-order chi connectivity index (χ1) is 7.68. The highest BCUT2D eigenvalue weighted by Gasteiger charge is 2.29. The molecule has 3 heteroatoms. The third-order valence-electron chi connectivity index (χ3n) is 3.71. The Morgan fingerprint density at radius 1 is 1.00 bits per heavy atom. The minimum Gasteiger partial charge on any atom is -1.00 e. The zero-order valence-electron chi connectivity index (χ0n) is 11.3. The maximum Gasteiger partial charge on any atom is 0.230 e. The molecule has 0 bridgehead atoms. The van der Waals surface area contributed by atoms with E-state index in [9.17, 15) is 0 Å². The van der Waals surface area contributed by atoms with Gasteiger partial charge in [0.1, 0.15) is 5.75 Å². The summed E-state index contributed by atoms with van der Waals surface area (Å²) in [7, 11) is 0. The van der Waals surface area contributed by atoms with Crippen LogP contribution in [-0.2, 0) is 0 Å². The summed E-state index contributed by atoms with van der Waals surface area (Å²) < 4.78 is 7.03. The van der Waals surface area contributed by atoms with Crippen LogP contribution < -0.4 is 21.7 Å². The zero-order valence-corrected chi connectivity index (χ0v) is 12.9. The summed E-state index contributed by atoms with van der Waals surface area (Å²) in [5.74, 6) is 0.966. The van der Waals surface area contributed by atoms with Crippen molar-refractivity contribution in [3.63, 3.8) is 0 Å². The lowest BCUT2D eigenvalue weighted by molar-refractivity contribution is -0.961. The van der Waals surface area contributed by atoms with Gasteiger partial charge in [0, 0.05) is 6.92 Å². The smallest absolute Gasteiger partial charge is 0.230 e. The van der Waals surface area contributed by atoms with Crippen molar-refractivity contribution in [1.82, 2.24) is 0 Å². The van der Waals surface area contributed by atoms with Gasteiger partial charge in [0.2, 0.25) is 6.23 Å². The molecule has 0 spiro atoms. The van der Waals surface area contributed by atoms with E-state index in [4.69, 9.17) is 4.74 Å². The van der Waals surface area contributed by atoms with Gasteiger partial charge in [-0.25, -0.2) is 0 Å². The second-order valence-corrected chi connectivity index (χ2v) is 4.20. The van der Waals surface area contributed by atoms with Crippen molar-refractivity contribution in [2.75, 3.05) is 19.6 Å².